The van der Waals surface area contributed by atoms with Gasteiger partial charge >= 0.3 is 0 Å². The van der Waals surface area contributed by atoms with Gasteiger partial charge in [0, 0.05) is 21.9 Å². The number of hydrogen-bond donors (Lipinski definition) is 1. The number of ether oxygens (including phenoxy) is 1. The number of carbonyl (C=O) groups excluding carboxylic acids is 1. The molecule has 22 heavy (non-hydrogen) atoms. The molecule has 0 heterocycles. The summed E-state index contributed by atoms with van der Waals surface area (Å²) in [6, 6.07) is 15.1. The fraction of sp³-hybridized carbons (Fsp3) is 0.278. The molecular weight excluding hydrogens is 294 g/mol. The van der Waals surface area contributed by atoms with E-state index < -0.39 is 0 Å². The summed E-state index contributed by atoms with van der Waals surface area (Å²) >= 11 is 1.69. The van der Waals surface area contributed by atoms with Crippen LogP contribution in [0.1, 0.15) is 31.1 Å². The third-order valence-electron chi connectivity index (χ3n) is 2.90. The zero-order valence-electron chi connectivity index (χ0n) is 13.1. The first-order valence-electron chi connectivity index (χ1n) is 7.40. The van der Waals surface area contributed by atoms with Gasteiger partial charge in [-0.1, -0.05) is 32.0 Å². The summed E-state index contributed by atoms with van der Waals surface area (Å²) in [6.07, 6.45) is 0. The van der Waals surface area contributed by atoms with Gasteiger partial charge in [0.05, 0.1) is 12.2 Å². The minimum absolute atomic E-state index is 0.0996. The maximum Gasteiger partial charge on any atom is 0.256 e. The lowest BCUT2D eigenvalue weighted by Gasteiger charge is -2.12. The predicted octanol–water partition coefficient (Wildman–Crippen LogP) is 4.84. The summed E-state index contributed by atoms with van der Waals surface area (Å²) < 4.78 is 5.45. The third kappa shape index (κ3) is 4.53. The predicted molar refractivity (Wildman–Crippen MR) is 93.0 cm³/mol. The molecule has 0 spiro atoms. The van der Waals surface area contributed by atoms with Crippen molar-refractivity contribution in [3.8, 4) is 5.75 Å². The first kappa shape index (κ1) is 16.4. The molecule has 0 atom stereocenters. The van der Waals surface area contributed by atoms with E-state index in [4.69, 9.17) is 4.74 Å². The zero-order chi connectivity index (χ0) is 15.9. The van der Waals surface area contributed by atoms with E-state index in [1.807, 2.05) is 55.5 Å². The van der Waals surface area contributed by atoms with Crippen molar-refractivity contribution in [2.45, 2.75) is 30.9 Å². The molecule has 3 nitrogen and oxygen atoms in total. The number of carbonyl (C=O) groups is 1. The second-order valence-electron chi connectivity index (χ2n) is 5.08. The molecule has 4 heteroatoms. The van der Waals surface area contributed by atoms with E-state index in [0.717, 1.165) is 16.3 Å². The lowest BCUT2D eigenvalue weighted by Crippen LogP contribution is -2.13. The number of benzene rings is 2. The molecule has 0 fully saturated rings. The second-order valence-corrected chi connectivity index (χ2v) is 6.70. The lowest BCUT2D eigenvalue weighted by molar-refractivity contribution is 0.102. The lowest BCUT2D eigenvalue weighted by atomic mass is 10.2. The molecule has 2 aromatic rings. The van der Waals surface area contributed by atoms with Gasteiger partial charge in [0.15, 0.2) is 0 Å². The van der Waals surface area contributed by atoms with Crippen LogP contribution in [-0.2, 0) is 0 Å². The van der Waals surface area contributed by atoms with E-state index in [2.05, 4.69) is 19.2 Å². The Hall–Kier alpha value is -1.94. The summed E-state index contributed by atoms with van der Waals surface area (Å²) in [7, 11) is 0. The average molecular weight is 315 g/mol. The number of anilines is 1. The average Bonchev–Trinajstić information content (AvgIpc) is 2.48. The first-order chi connectivity index (χ1) is 10.6. The van der Waals surface area contributed by atoms with Crippen molar-refractivity contribution in [1.82, 2.24) is 0 Å². The van der Waals surface area contributed by atoms with Crippen LogP contribution in [0.15, 0.2) is 53.4 Å². The van der Waals surface area contributed by atoms with Crippen LogP contribution in [0.25, 0.3) is 0 Å². The number of rotatable bonds is 6. The first-order valence-corrected chi connectivity index (χ1v) is 8.28. The minimum atomic E-state index is -0.0996. The Bertz CT molecular complexity index is 640. The summed E-state index contributed by atoms with van der Waals surface area (Å²) in [6.45, 7) is 6.77. The Morgan fingerprint density at radius 1 is 1.18 bits per heavy atom. The van der Waals surface area contributed by atoms with Gasteiger partial charge in [0.2, 0.25) is 0 Å². The molecule has 0 aliphatic rings. The number of amides is 1. The molecule has 116 valence electrons. The highest BCUT2D eigenvalue weighted by Gasteiger charge is 2.12. The molecule has 1 amide bonds. The second kappa shape index (κ2) is 7.90. The Balaban J connectivity index is 2.17. The van der Waals surface area contributed by atoms with Crippen molar-refractivity contribution in [3.63, 3.8) is 0 Å². The molecular formula is C18H21NO2S. The molecule has 1 N–H and O–H groups in total. The summed E-state index contributed by atoms with van der Waals surface area (Å²) in [5.41, 5.74) is 1.43. The largest absolute Gasteiger partial charge is 0.494 e. The molecule has 2 rings (SSSR count). The van der Waals surface area contributed by atoms with E-state index in [1.54, 1.807) is 11.8 Å². The standard InChI is InChI=1S/C18H21NO2S/c1-4-21-15-9-7-8-14(12-15)19-18(20)16-10-5-6-11-17(16)22-13(2)3/h5-13H,4H2,1-3H3,(H,19,20). The number of hydrogen-bond acceptors (Lipinski definition) is 3. The fourth-order valence-corrected chi connectivity index (χ4v) is 2.99. The normalized spacial score (nSPS) is 10.5. The van der Waals surface area contributed by atoms with Gasteiger partial charge in [-0.3, -0.25) is 4.79 Å². The van der Waals surface area contributed by atoms with E-state index in [-0.39, 0.29) is 5.91 Å². The van der Waals surface area contributed by atoms with Crippen molar-refractivity contribution in [2.75, 3.05) is 11.9 Å². The van der Waals surface area contributed by atoms with Crippen molar-refractivity contribution in [3.05, 3.63) is 54.1 Å². The van der Waals surface area contributed by atoms with Crippen molar-refractivity contribution in [2.24, 2.45) is 0 Å². The molecule has 0 unspecified atom stereocenters. The molecule has 0 saturated heterocycles. The van der Waals surface area contributed by atoms with Crippen LogP contribution < -0.4 is 10.1 Å². The Morgan fingerprint density at radius 3 is 2.68 bits per heavy atom. The number of nitrogens with one attached hydrogen (secondary N) is 1. The zero-order valence-corrected chi connectivity index (χ0v) is 13.9. The quantitative estimate of drug-likeness (QED) is 0.775. The molecule has 0 radical (unpaired) electrons. The Morgan fingerprint density at radius 2 is 1.95 bits per heavy atom. The molecule has 0 aromatic heterocycles. The molecule has 0 bridgehead atoms. The summed E-state index contributed by atoms with van der Waals surface area (Å²) in [4.78, 5) is 13.5. The number of thioether (sulfide) groups is 1. The van der Waals surface area contributed by atoms with Crippen molar-refractivity contribution in [1.29, 1.82) is 0 Å². The molecule has 2 aromatic carbocycles. The van der Waals surface area contributed by atoms with Crippen LogP contribution in [0.3, 0.4) is 0 Å². The van der Waals surface area contributed by atoms with Gasteiger partial charge in [-0.15, -0.1) is 11.8 Å². The van der Waals surface area contributed by atoms with Crippen LogP contribution in [-0.4, -0.2) is 17.8 Å². The van der Waals surface area contributed by atoms with Gasteiger partial charge in [-0.2, -0.15) is 0 Å². The van der Waals surface area contributed by atoms with Crippen LogP contribution in [0.5, 0.6) is 5.75 Å². The third-order valence-corrected chi connectivity index (χ3v) is 3.98. The van der Waals surface area contributed by atoms with Crippen molar-refractivity contribution >= 4 is 23.4 Å². The van der Waals surface area contributed by atoms with Crippen LogP contribution >= 0.6 is 11.8 Å². The van der Waals surface area contributed by atoms with Gasteiger partial charge in [-0.05, 0) is 31.2 Å². The Labute approximate surface area is 136 Å². The van der Waals surface area contributed by atoms with Gasteiger partial charge in [0.1, 0.15) is 5.75 Å². The van der Waals surface area contributed by atoms with E-state index in [1.165, 1.54) is 0 Å². The SMILES string of the molecule is CCOc1cccc(NC(=O)c2ccccc2SC(C)C)c1. The summed E-state index contributed by atoms with van der Waals surface area (Å²) in [5, 5.41) is 3.36. The van der Waals surface area contributed by atoms with Crippen LogP contribution in [0.2, 0.25) is 0 Å². The highest BCUT2D eigenvalue weighted by molar-refractivity contribution is 8.00. The van der Waals surface area contributed by atoms with E-state index in [0.29, 0.717) is 17.4 Å². The highest BCUT2D eigenvalue weighted by atomic mass is 32.2. The topological polar surface area (TPSA) is 38.3 Å². The fourth-order valence-electron chi connectivity index (χ4n) is 2.04. The summed E-state index contributed by atoms with van der Waals surface area (Å²) in [5.74, 6) is 0.655. The molecule has 0 aliphatic carbocycles. The van der Waals surface area contributed by atoms with Crippen LogP contribution in [0, 0.1) is 0 Å². The highest BCUT2D eigenvalue weighted by Crippen LogP contribution is 2.27. The maximum atomic E-state index is 12.5. The van der Waals surface area contributed by atoms with E-state index >= 15 is 0 Å². The maximum absolute atomic E-state index is 12.5. The molecule has 0 aliphatic heterocycles. The minimum Gasteiger partial charge on any atom is -0.494 e. The van der Waals surface area contributed by atoms with Gasteiger partial charge < -0.3 is 10.1 Å². The smallest absolute Gasteiger partial charge is 0.256 e. The van der Waals surface area contributed by atoms with Gasteiger partial charge in [0.25, 0.3) is 5.91 Å². The molecule has 0 saturated carbocycles. The van der Waals surface area contributed by atoms with Crippen molar-refractivity contribution < 1.29 is 9.53 Å². The van der Waals surface area contributed by atoms with Gasteiger partial charge in [-0.25, -0.2) is 0 Å². The Kier molecular flexibility index (Phi) is 5.90. The van der Waals surface area contributed by atoms with Crippen LogP contribution in [0.4, 0.5) is 5.69 Å². The monoisotopic (exact) mass is 315 g/mol. The van der Waals surface area contributed by atoms with E-state index in [9.17, 15) is 4.79 Å².